The summed E-state index contributed by atoms with van der Waals surface area (Å²) in [5.74, 6) is 0.866. The van der Waals surface area contributed by atoms with E-state index in [-0.39, 0.29) is 6.04 Å². The molecule has 0 aromatic carbocycles. The average molecular weight is 232 g/mol. The van der Waals surface area contributed by atoms with Crippen LogP contribution in [0.5, 0.6) is 0 Å². The van der Waals surface area contributed by atoms with Gasteiger partial charge >= 0.3 is 0 Å². The van der Waals surface area contributed by atoms with Gasteiger partial charge in [-0.25, -0.2) is 9.97 Å². The molecule has 4 heteroatoms. The highest BCUT2D eigenvalue weighted by atomic mass is 15.3. The van der Waals surface area contributed by atoms with Crippen molar-refractivity contribution in [2.24, 2.45) is 5.73 Å². The van der Waals surface area contributed by atoms with Crippen LogP contribution in [-0.2, 0) is 5.41 Å². The van der Waals surface area contributed by atoms with Crippen LogP contribution in [0.2, 0.25) is 0 Å². The Morgan fingerprint density at radius 2 is 2.29 bits per heavy atom. The first-order valence-electron chi connectivity index (χ1n) is 6.51. The van der Waals surface area contributed by atoms with Crippen LogP contribution in [0.25, 0.3) is 0 Å². The van der Waals surface area contributed by atoms with Gasteiger partial charge in [0.05, 0.1) is 5.69 Å². The molecule has 1 unspecified atom stereocenters. The van der Waals surface area contributed by atoms with Gasteiger partial charge in [0.2, 0.25) is 5.95 Å². The van der Waals surface area contributed by atoms with E-state index in [9.17, 15) is 0 Å². The first-order chi connectivity index (χ1) is 8.17. The third-order valence-corrected chi connectivity index (χ3v) is 4.00. The Hall–Kier alpha value is -1.16. The topological polar surface area (TPSA) is 55.0 Å². The number of hydrogen-bond acceptors (Lipinski definition) is 4. The van der Waals surface area contributed by atoms with Gasteiger partial charge < -0.3 is 10.6 Å². The van der Waals surface area contributed by atoms with E-state index < -0.39 is 0 Å². The molecule has 92 valence electrons. The Kier molecular flexibility index (Phi) is 2.54. The smallest absolute Gasteiger partial charge is 0.225 e. The maximum absolute atomic E-state index is 6.00. The van der Waals surface area contributed by atoms with E-state index in [4.69, 9.17) is 10.7 Å². The minimum Gasteiger partial charge on any atom is -0.339 e. The van der Waals surface area contributed by atoms with Crippen LogP contribution in [0.15, 0.2) is 12.3 Å². The molecule has 1 saturated carbocycles. The molecule has 0 amide bonds. The van der Waals surface area contributed by atoms with Crippen LogP contribution in [-0.4, -0.2) is 29.1 Å². The Labute approximate surface area is 102 Å². The molecule has 1 saturated heterocycles. The number of nitrogens with two attached hydrogens (primary N) is 1. The zero-order valence-corrected chi connectivity index (χ0v) is 10.4. The van der Waals surface area contributed by atoms with Gasteiger partial charge in [0, 0.05) is 30.7 Å². The van der Waals surface area contributed by atoms with E-state index in [1.54, 1.807) is 0 Å². The number of piperidine rings is 1. The van der Waals surface area contributed by atoms with Crippen LogP contribution in [0, 0.1) is 0 Å². The predicted molar refractivity (Wildman–Crippen MR) is 68.0 cm³/mol. The molecule has 17 heavy (non-hydrogen) atoms. The lowest BCUT2D eigenvalue weighted by Crippen LogP contribution is -2.43. The van der Waals surface area contributed by atoms with Crippen LogP contribution in [0.4, 0.5) is 5.95 Å². The van der Waals surface area contributed by atoms with Gasteiger partial charge in [-0.15, -0.1) is 0 Å². The molecular formula is C13H20N4. The molecule has 1 aromatic heterocycles. The monoisotopic (exact) mass is 232 g/mol. The fourth-order valence-corrected chi connectivity index (χ4v) is 2.47. The summed E-state index contributed by atoms with van der Waals surface area (Å²) in [6, 6.07) is 2.33. The molecule has 2 aliphatic rings. The molecule has 0 bridgehead atoms. The summed E-state index contributed by atoms with van der Waals surface area (Å²) in [4.78, 5) is 11.3. The lowest BCUT2D eigenvalue weighted by atomic mass is 10.1. The second-order valence-electron chi connectivity index (χ2n) is 5.65. The predicted octanol–water partition coefficient (Wildman–Crippen LogP) is 1.46. The maximum atomic E-state index is 6.00. The Morgan fingerprint density at radius 1 is 1.47 bits per heavy atom. The number of nitrogens with zero attached hydrogens (tertiary/aromatic N) is 3. The van der Waals surface area contributed by atoms with Crippen molar-refractivity contribution in [3.8, 4) is 0 Å². The summed E-state index contributed by atoms with van der Waals surface area (Å²) in [6.45, 7) is 4.20. The fourth-order valence-electron chi connectivity index (χ4n) is 2.47. The number of hydrogen-bond donors (Lipinski definition) is 1. The highest BCUT2D eigenvalue weighted by molar-refractivity contribution is 5.34. The summed E-state index contributed by atoms with van der Waals surface area (Å²) < 4.78 is 0. The molecule has 4 nitrogen and oxygen atoms in total. The molecule has 2 heterocycles. The van der Waals surface area contributed by atoms with Crippen molar-refractivity contribution < 1.29 is 0 Å². The van der Waals surface area contributed by atoms with E-state index in [2.05, 4.69) is 22.9 Å². The summed E-state index contributed by atoms with van der Waals surface area (Å²) in [6.07, 6.45) is 6.66. The van der Waals surface area contributed by atoms with Gasteiger partial charge in [0.15, 0.2) is 0 Å². The first-order valence-corrected chi connectivity index (χ1v) is 6.51. The standard InChI is InChI=1S/C13H20N4/c1-13(5-6-13)11-4-7-15-12(16-11)17-8-2-3-10(14)9-17/h4,7,10H,2-3,5-6,8-9,14H2,1H3. The van der Waals surface area contributed by atoms with Crippen LogP contribution in [0.1, 0.15) is 38.3 Å². The van der Waals surface area contributed by atoms with Gasteiger partial charge in [-0.3, -0.25) is 0 Å². The van der Waals surface area contributed by atoms with Crippen molar-refractivity contribution >= 4 is 5.95 Å². The van der Waals surface area contributed by atoms with E-state index >= 15 is 0 Å². The van der Waals surface area contributed by atoms with Gasteiger partial charge in [0.25, 0.3) is 0 Å². The Bertz CT molecular complexity index is 414. The quantitative estimate of drug-likeness (QED) is 0.838. The van der Waals surface area contributed by atoms with E-state index in [1.165, 1.54) is 18.5 Å². The summed E-state index contributed by atoms with van der Waals surface area (Å²) in [5.41, 5.74) is 7.51. The van der Waals surface area contributed by atoms with E-state index in [0.717, 1.165) is 31.9 Å². The normalized spacial score (nSPS) is 26.9. The van der Waals surface area contributed by atoms with Gasteiger partial charge in [-0.1, -0.05) is 6.92 Å². The first kappa shape index (κ1) is 11.0. The maximum Gasteiger partial charge on any atom is 0.225 e. The van der Waals surface area contributed by atoms with Crippen molar-refractivity contribution in [3.63, 3.8) is 0 Å². The summed E-state index contributed by atoms with van der Waals surface area (Å²) in [5, 5.41) is 0. The van der Waals surface area contributed by atoms with Crippen molar-refractivity contribution in [2.75, 3.05) is 18.0 Å². The molecule has 0 radical (unpaired) electrons. The molecule has 1 aromatic rings. The SMILES string of the molecule is CC1(c2ccnc(N3CCCC(N)C3)n2)CC1. The van der Waals surface area contributed by atoms with E-state index in [0.29, 0.717) is 5.41 Å². The second kappa shape index (κ2) is 3.95. The highest BCUT2D eigenvalue weighted by Crippen LogP contribution is 2.46. The molecule has 1 atom stereocenters. The lowest BCUT2D eigenvalue weighted by Gasteiger charge is -2.31. The van der Waals surface area contributed by atoms with Crippen molar-refractivity contribution in [2.45, 2.75) is 44.1 Å². The largest absolute Gasteiger partial charge is 0.339 e. The van der Waals surface area contributed by atoms with Crippen LogP contribution < -0.4 is 10.6 Å². The summed E-state index contributed by atoms with van der Waals surface area (Å²) in [7, 11) is 0. The molecule has 1 aliphatic heterocycles. The minimum atomic E-state index is 0.271. The number of rotatable bonds is 2. The van der Waals surface area contributed by atoms with Gasteiger partial charge in [-0.2, -0.15) is 0 Å². The molecule has 2 N–H and O–H groups in total. The van der Waals surface area contributed by atoms with Crippen LogP contribution in [0.3, 0.4) is 0 Å². The Morgan fingerprint density at radius 3 is 3.00 bits per heavy atom. The third kappa shape index (κ3) is 2.14. The van der Waals surface area contributed by atoms with Gasteiger partial charge in [-0.05, 0) is 31.7 Å². The minimum absolute atomic E-state index is 0.271. The Balaban J connectivity index is 1.82. The van der Waals surface area contributed by atoms with Crippen LogP contribution >= 0.6 is 0 Å². The molecule has 0 spiro atoms. The average Bonchev–Trinajstić information content (AvgIpc) is 3.09. The zero-order chi connectivity index (χ0) is 11.9. The molecule has 1 aliphatic carbocycles. The summed E-state index contributed by atoms with van der Waals surface area (Å²) >= 11 is 0. The van der Waals surface area contributed by atoms with Crippen molar-refractivity contribution in [1.29, 1.82) is 0 Å². The lowest BCUT2D eigenvalue weighted by molar-refractivity contribution is 0.498. The van der Waals surface area contributed by atoms with Crippen molar-refractivity contribution in [3.05, 3.63) is 18.0 Å². The number of aromatic nitrogens is 2. The zero-order valence-electron chi connectivity index (χ0n) is 10.4. The number of anilines is 1. The highest BCUT2D eigenvalue weighted by Gasteiger charge is 2.40. The van der Waals surface area contributed by atoms with Gasteiger partial charge in [0.1, 0.15) is 0 Å². The van der Waals surface area contributed by atoms with Crippen molar-refractivity contribution in [1.82, 2.24) is 9.97 Å². The second-order valence-corrected chi connectivity index (χ2v) is 5.65. The molecule has 3 rings (SSSR count). The molecular weight excluding hydrogens is 212 g/mol. The fraction of sp³-hybridized carbons (Fsp3) is 0.692. The third-order valence-electron chi connectivity index (χ3n) is 4.00. The van der Waals surface area contributed by atoms with E-state index in [1.807, 2.05) is 6.20 Å². The molecule has 2 fully saturated rings.